The number of halogens is 2. The van der Waals surface area contributed by atoms with Gasteiger partial charge < -0.3 is 9.47 Å². The van der Waals surface area contributed by atoms with Crippen LogP contribution in [0, 0.1) is 6.92 Å². The van der Waals surface area contributed by atoms with Gasteiger partial charge in [0.25, 0.3) is 5.92 Å². The molecular weight excluding hydrogens is 256 g/mol. The van der Waals surface area contributed by atoms with Crippen molar-refractivity contribution in [2.75, 3.05) is 7.11 Å². The van der Waals surface area contributed by atoms with Gasteiger partial charge in [-0.15, -0.1) is 0 Å². The fourth-order valence-corrected chi connectivity index (χ4v) is 1.96. The SMILES string of the molecule is COC(=O)Cc1cc(OC2CC(F)(F)C2)cc(C)n1. The molecule has 0 unspecified atom stereocenters. The van der Waals surface area contributed by atoms with Crippen molar-refractivity contribution in [1.29, 1.82) is 0 Å². The maximum absolute atomic E-state index is 12.7. The van der Waals surface area contributed by atoms with Crippen LogP contribution in [0.2, 0.25) is 0 Å². The number of carbonyl (C=O) groups excluding carboxylic acids is 1. The van der Waals surface area contributed by atoms with Crippen LogP contribution in [0.5, 0.6) is 5.75 Å². The maximum Gasteiger partial charge on any atom is 0.311 e. The minimum absolute atomic E-state index is 0.0371. The normalized spacial score (nSPS) is 17.7. The van der Waals surface area contributed by atoms with Gasteiger partial charge in [-0.05, 0) is 6.92 Å². The number of esters is 1. The minimum Gasteiger partial charge on any atom is -0.490 e. The van der Waals surface area contributed by atoms with Crippen LogP contribution in [0.4, 0.5) is 8.78 Å². The van der Waals surface area contributed by atoms with Gasteiger partial charge in [0.15, 0.2) is 0 Å². The van der Waals surface area contributed by atoms with E-state index in [4.69, 9.17) is 4.74 Å². The summed E-state index contributed by atoms with van der Waals surface area (Å²) in [5, 5.41) is 0. The first kappa shape index (κ1) is 13.7. The molecule has 0 radical (unpaired) electrons. The zero-order chi connectivity index (χ0) is 14.0. The molecule has 19 heavy (non-hydrogen) atoms. The van der Waals surface area contributed by atoms with Crippen LogP contribution in [0.15, 0.2) is 12.1 Å². The van der Waals surface area contributed by atoms with Crippen LogP contribution >= 0.6 is 0 Å². The lowest BCUT2D eigenvalue weighted by Gasteiger charge is -2.34. The van der Waals surface area contributed by atoms with Gasteiger partial charge in [0.2, 0.25) is 0 Å². The summed E-state index contributed by atoms with van der Waals surface area (Å²) in [7, 11) is 1.30. The molecule has 2 rings (SSSR count). The molecule has 4 nitrogen and oxygen atoms in total. The lowest BCUT2D eigenvalue weighted by atomic mass is 9.91. The fourth-order valence-electron chi connectivity index (χ4n) is 1.96. The Bertz CT molecular complexity index is 483. The van der Waals surface area contributed by atoms with E-state index in [1.807, 2.05) is 0 Å². The molecule has 1 saturated carbocycles. The third-order valence-corrected chi connectivity index (χ3v) is 2.89. The monoisotopic (exact) mass is 271 g/mol. The lowest BCUT2D eigenvalue weighted by Crippen LogP contribution is -2.43. The largest absolute Gasteiger partial charge is 0.490 e. The summed E-state index contributed by atoms with van der Waals surface area (Å²) in [5.41, 5.74) is 1.18. The highest BCUT2D eigenvalue weighted by atomic mass is 19.3. The molecule has 0 spiro atoms. The highest BCUT2D eigenvalue weighted by Gasteiger charge is 2.47. The van der Waals surface area contributed by atoms with E-state index in [0.717, 1.165) is 0 Å². The molecule has 1 aliphatic rings. The third kappa shape index (κ3) is 3.62. The first-order valence-electron chi connectivity index (χ1n) is 5.97. The molecule has 104 valence electrons. The van der Waals surface area contributed by atoms with Crippen LogP contribution in [0.25, 0.3) is 0 Å². The predicted molar refractivity (Wildman–Crippen MR) is 63.3 cm³/mol. The second-order valence-corrected chi connectivity index (χ2v) is 4.69. The number of hydrogen-bond acceptors (Lipinski definition) is 4. The third-order valence-electron chi connectivity index (χ3n) is 2.89. The summed E-state index contributed by atoms with van der Waals surface area (Å²) >= 11 is 0. The van der Waals surface area contributed by atoms with E-state index in [1.165, 1.54) is 7.11 Å². The average molecular weight is 271 g/mol. The van der Waals surface area contributed by atoms with Crippen molar-refractivity contribution in [3.63, 3.8) is 0 Å². The smallest absolute Gasteiger partial charge is 0.311 e. The number of nitrogens with zero attached hydrogens (tertiary/aromatic N) is 1. The van der Waals surface area contributed by atoms with Gasteiger partial charge in [0.1, 0.15) is 11.9 Å². The Kier molecular flexibility index (Phi) is 3.68. The number of aromatic nitrogens is 1. The Balaban J connectivity index is 2.03. The molecule has 0 atom stereocenters. The molecule has 0 N–H and O–H groups in total. The van der Waals surface area contributed by atoms with E-state index in [0.29, 0.717) is 17.1 Å². The van der Waals surface area contributed by atoms with Crippen molar-refractivity contribution in [2.45, 2.75) is 38.2 Å². The van der Waals surface area contributed by atoms with Crippen molar-refractivity contribution in [1.82, 2.24) is 4.98 Å². The van der Waals surface area contributed by atoms with Gasteiger partial charge in [0.05, 0.1) is 19.2 Å². The quantitative estimate of drug-likeness (QED) is 0.788. The molecule has 0 amide bonds. The van der Waals surface area contributed by atoms with Gasteiger partial charge >= 0.3 is 5.97 Å². The number of carbonyl (C=O) groups is 1. The second-order valence-electron chi connectivity index (χ2n) is 4.69. The van der Waals surface area contributed by atoms with Gasteiger partial charge in [-0.1, -0.05) is 0 Å². The van der Waals surface area contributed by atoms with Crippen molar-refractivity contribution in [3.8, 4) is 5.75 Å². The number of pyridine rings is 1. The number of alkyl halides is 2. The van der Waals surface area contributed by atoms with Crippen LogP contribution in [-0.4, -0.2) is 30.1 Å². The van der Waals surface area contributed by atoms with E-state index in [2.05, 4.69) is 9.72 Å². The molecule has 1 heterocycles. The minimum atomic E-state index is -2.61. The highest BCUT2D eigenvalue weighted by molar-refractivity contribution is 5.71. The van der Waals surface area contributed by atoms with E-state index >= 15 is 0 Å². The molecular formula is C13H15F2NO3. The lowest BCUT2D eigenvalue weighted by molar-refractivity contribution is -0.139. The summed E-state index contributed by atoms with van der Waals surface area (Å²) in [4.78, 5) is 15.3. The Hall–Kier alpha value is -1.72. The van der Waals surface area contributed by atoms with E-state index < -0.39 is 18.0 Å². The molecule has 0 bridgehead atoms. The predicted octanol–water partition coefficient (Wildman–Crippen LogP) is 2.28. The van der Waals surface area contributed by atoms with Crippen LogP contribution in [0.1, 0.15) is 24.2 Å². The van der Waals surface area contributed by atoms with Crippen molar-refractivity contribution in [2.24, 2.45) is 0 Å². The molecule has 6 heteroatoms. The number of ether oxygens (including phenoxy) is 2. The van der Waals surface area contributed by atoms with E-state index in [9.17, 15) is 13.6 Å². The maximum atomic E-state index is 12.7. The molecule has 0 saturated heterocycles. The summed E-state index contributed by atoms with van der Waals surface area (Å²) in [5.74, 6) is -2.55. The van der Waals surface area contributed by atoms with E-state index in [1.54, 1.807) is 19.1 Å². The fraction of sp³-hybridized carbons (Fsp3) is 0.538. The van der Waals surface area contributed by atoms with Gasteiger partial charge in [0, 0.05) is 30.7 Å². The van der Waals surface area contributed by atoms with E-state index in [-0.39, 0.29) is 19.3 Å². The number of methoxy groups -OCH3 is 1. The second kappa shape index (κ2) is 5.11. The Morgan fingerprint density at radius 1 is 1.47 bits per heavy atom. The molecule has 1 aromatic heterocycles. The van der Waals surface area contributed by atoms with Crippen LogP contribution in [-0.2, 0) is 16.0 Å². The Morgan fingerprint density at radius 2 is 2.16 bits per heavy atom. The first-order valence-corrected chi connectivity index (χ1v) is 5.97. The highest BCUT2D eigenvalue weighted by Crippen LogP contribution is 2.39. The van der Waals surface area contributed by atoms with Crippen LogP contribution in [0.3, 0.4) is 0 Å². The summed E-state index contributed by atoms with van der Waals surface area (Å²) in [6.07, 6.45) is -0.959. The van der Waals surface area contributed by atoms with Gasteiger partial charge in [-0.25, -0.2) is 8.78 Å². The summed E-state index contributed by atoms with van der Waals surface area (Å²) in [6, 6.07) is 3.25. The number of hydrogen-bond donors (Lipinski definition) is 0. The van der Waals surface area contributed by atoms with Gasteiger partial charge in [-0.3, -0.25) is 9.78 Å². The topological polar surface area (TPSA) is 48.4 Å². The Labute approximate surface area is 109 Å². The molecule has 1 aromatic rings. The Morgan fingerprint density at radius 3 is 2.74 bits per heavy atom. The molecule has 0 aromatic carbocycles. The van der Waals surface area contributed by atoms with Crippen molar-refractivity contribution >= 4 is 5.97 Å². The van der Waals surface area contributed by atoms with Crippen molar-refractivity contribution in [3.05, 3.63) is 23.5 Å². The van der Waals surface area contributed by atoms with Crippen LogP contribution < -0.4 is 4.74 Å². The molecule has 0 aliphatic heterocycles. The number of rotatable bonds is 4. The van der Waals surface area contributed by atoms with Crippen molar-refractivity contribution < 1.29 is 23.0 Å². The first-order chi connectivity index (χ1) is 8.88. The average Bonchev–Trinajstić information content (AvgIpc) is 2.25. The molecule has 1 aliphatic carbocycles. The zero-order valence-electron chi connectivity index (χ0n) is 10.8. The summed E-state index contributed by atoms with van der Waals surface area (Å²) < 4.78 is 35.4. The standard InChI is InChI=1S/C13H15F2NO3/c1-8-3-10(19-11-6-13(14,15)7-11)4-9(16-8)5-12(17)18-2/h3-4,11H,5-7H2,1-2H3. The molecule has 1 fully saturated rings. The zero-order valence-corrected chi connectivity index (χ0v) is 10.8. The summed E-state index contributed by atoms with van der Waals surface area (Å²) in [6.45, 7) is 1.75. The number of aryl methyl sites for hydroxylation is 1. The van der Waals surface area contributed by atoms with Gasteiger partial charge in [-0.2, -0.15) is 0 Å².